The highest BCUT2D eigenvalue weighted by molar-refractivity contribution is 7.90. The van der Waals surface area contributed by atoms with E-state index < -0.39 is 9.84 Å². The summed E-state index contributed by atoms with van der Waals surface area (Å²) in [6.45, 7) is 1.77. The summed E-state index contributed by atoms with van der Waals surface area (Å²) < 4.78 is 30.4. The molecule has 0 aliphatic heterocycles. The van der Waals surface area contributed by atoms with Crippen LogP contribution in [-0.4, -0.2) is 37.8 Å². The SMILES string of the molecule is Cc1ccn(C(=O)COc2cccc(S(C)(=O)=O)c2)c(=NC2CCCCC2)c1. The lowest BCUT2D eigenvalue weighted by Crippen LogP contribution is -2.32. The Morgan fingerprint density at radius 2 is 1.93 bits per heavy atom. The fourth-order valence-corrected chi connectivity index (χ4v) is 3.96. The second-order valence-electron chi connectivity index (χ2n) is 7.28. The highest BCUT2D eigenvalue weighted by Crippen LogP contribution is 2.20. The number of pyridine rings is 1. The minimum atomic E-state index is -3.33. The Labute approximate surface area is 165 Å². The molecule has 1 fully saturated rings. The van der Waals surface area contributed by atoms with E-state index in [1.807, 2.05) is 19.1 Å². The highest BCUT2D eigenvalue weighted by atomic mass is 32.2. The van der Waals surface area contributed by atoms with Crippen LogP contribution < -0.4 is 10.2 Å². The van der Waals surface area contributed by atoms with Crippen LogP contribution in [0.2, 0.25) is 0 Å². The number of hydrogen-bond acceptors (Lipinski definition) is 5. The molecule has 7 heteroatoms. The summed E-state index contributed by atoms with van der Waals surface area (Å²) in [6.07, 6.45) is 8.56. The summed E-state index contributed by atoms with van der Waals surface area (Å²) >= 11 is 0. The molecule has 1 aliphatic carbocycles. The van der Waals surface area contributed by atoms with Gasteiger partial charge in [-0.1, -0.05) is 25.3 Å². The van der Waals surface area contributed by atoms with Crippen molar-refractivity contribution in [3.63, 3.8) is 0 Å². The van der Waals surface area contributed by atoms with Crippen LogP contribution in [-0.2, 0) is 9.84 Å². The molecular weight excluding hydrogens is 376 g/mol. The van der Waals surface area contributed by atoms with E-state index in [-0.39, 0.29) is 23.5 Å². The summed E-state index contributed by atoms with van der Waals surface area (Å²) in [4.78, 5) is 17.7. The lowest BCUT2D eigenvalue weighted by molar-refractivity contribution is 0.0831. The van der Waals surface area contributed by atoms with Gasteiger partial charge in [-0.3, -0.25) is 14.4 Å². The Balaban J connectivity index is 1.79. The van der Waals surface area contributed by atoms with Crippen LogP contribution in [0.3, 0.4) is 0 Å². The molecular formula is C21H26N2O4S. The van der Waals surface area contributed by atoms with Gasteiger partial charge >= 0.3 is 0 Å². The van der Waals surface area contributed by atoms with Gasteiger partial charge in [0.2, 0.25) is 0 Å². The molecule has 150 valence electrons. The lowest BCUT2D eigenvalue weighted by Gasteiger charge is -2.18. The van der Waals surface area contributed by atoms with Gasteiger partial charge in [-0.15, -0.1) is 0 Å². The number of sulfone groups is 1. The zero-order chi connectivity index (χ0) is 20.1. The van der Waals surface area contributed by atoms with Crippen LogP contribution in [0.15, 0.2) is 52.5 Å². The molecule has 0 amide bonds. The summed E-state index contributed by atoms with van der Waals surface area (Å²) in [5.74, 6) is 0.0917. The molecule has 0 bridgehead atoms. The van der Waals surface area contributed by atoms with E-state index in [1.54, 1.807) is 18.3 Å². The Hall–Kier alpha value is -2.41. The van der Waals surface area contributed by atoms with Gasteiger partial charge in [0, 0.05) is 12.5 Å². The Bertz CT molecular complexity index is 1020. The zero-order valence-electron chi connectivity index (χ0n) is 16.3. The van der Waals surface area contributed by atoms with Crippen molar-refractivity contribution in [2.75, 3.05) is 12.9 Å². The molecule has 1 saturated carbocycles. The summed E-state index contributed by atoms with van der Waals surface area (Å²) in [7, 11) is -3.33. The largest absolute Gasteiger partial charge is 0.484 e. The van der Waals surface area contributed by atoms with E-state index in [1.165, 1.54) is 36.0 Å². The van der Waals surface area contributed by atoms with Crippen LogP contribution in [0.25, 0.3) is 0 Å². The first kappa shape index (κ1) is 20.3. The van der Waals surface area contributed by atoms with Gasteiger partial charge < -0.3 is 4.74 Å². The fraction of sp³-hybridized carbons (Fsp3) is 0.429. The average Bonchev–Trinajstić information content (AvgIpc) is 2.67. The summed E-state index contributed by atoms with van der Waals surface area (Å²) in [5.41, 5.74) is 1.69. The first-order valence-corrected chi connectivity index (χ1v) is 11.4. The standard InChI is InChI=1S/C21H26N2O4S/c1-16-11-12-23(20(13-16)22-17-7-4-3-5-8-17)21(24)15-27-18-9-6-10-19(14-18)28(2,25)26/h6,9-14,17H,3-5,7-8,15H2,1-2H3. The number of carbonyl (C=O) groups is 1. The first-order chi connectivity index (χ1) is 13.3. The molecule has 0 N–H and O–H groups in total. The van der Waals surface area contributed by atoms with Gasteiger partial charge in [-0.05, 0) is 55.7 Å². The van der Waals surface area contributed by atoms with Gasteiger partial charge in [0.15, 0.2) is 16.4 Å². The topological polar surface area (TPSA) is 77.7 Å². The average molecular weight is 403 g/mol. The van der Waals surface area contributed by atoms with Crippen LogP contribution in [0.5, 0.6) is 5.75 Å². The smallest absolute Gasteiger partial charge is 0.270 e. The number of aryl methyl sites for hydroxylation is 1. The first-order valence-electron chi connectivity index (χ1n) is 9.52. The fourth-order valence-electron chi connectivity index (χ4n) is 3.31. The Kier molecular flexibility index (Phi) is 6.34. The number of carbonyl (C=O) groups excluding carboxylic acids is 1. The van der Waals surface area contributed by atoms with E-state index in [0.29, 0.717) is 11.2 Å². The normalized spacial score (nSPS) is 16.1. The predicted molar refractivity (Wildman–Crippen MR) is 107 cm³/mol. The molecule has 0 saturated heterocycles. The van der Waals surface area contributed by atoms with Crippen molar-refractivity contribution >= 4 is 15.7 Å². The molecule has 0 atom stereocenters. The van der Waals surface area contributed by atoms with Crippen LogP contribution in [0.1, 0.15) is 42.5 Å². The minimum Gasteiger partial charge on any atom is -0.484 e. The molecule has 1 aromatic heterocycles. The van der Waals surface area contributed by atoms with Gasteiger partial charge in [-0.25, -0.2) is 8.42 Å². The van der Waals surface area contributed by atoms with Crippen molar-refractivity contribution in [3.8, 4) is 5.75 Å². The minimum absolute atomic E-state index is 0.161. The maximum absolute atomic E-state index is 12.7. The van der Waals surface area contributed by atoms with Gasteiger partial charge in [0.25, 0.3) is 5.91 Å². The highest BCUT2D eigenvalue weighted by Gasteiger charge is 2.14. The van der Waals surface area contributed by atoms with Crippen molar-refractivity contribution in [3.05, 3.63) is 53.6 Å². The van der Waals surface area contributed by atoms with Crippen LogP contribution >= 0.6 is 0 Å². The second-order valence-corrected chi connectivity index (χ2v) is 9.30. The molecule has 1 heterocycles. The molecule has 0 radical (unpaired) electrons. The van der Waals surface area contributed by atoms with E-state index in [0.717, 1.165) is 24.7 Å². The second kappa shape index (κ2) is 8.73. The van der Waals surface area contributed by atoms with Crippen molar-refractivity contribution in [2.24, 2.45) is 4.99 Å². The van der Waals surface area contributed by atoms with E-state index in [9.17, 15) is 13.2 Å². The van der Waals surface area contributed by atoms with Crippen LogP contribution in [0, 0.1) is 6.92 Å². The number of hydrogen-bond donors (Lipinski definition) is 0. The molecule has 1 aliphatic rings. The van der Waals surface area contributed by atoms with E-state index in [2.05, 4.69) is 0 Å². The molecule has 1 aromatic carbocycles. The van der Waals surface area contributed by atoms with Crippen molar-refractivity contribution in [2.45, 2.75) is 50.0 Å². The summed E-state index contributed by atoms with van der Waals surface area (Å²) in [5, 5.41) is 0. The maximum Gasteiger partial charge on any atom is 0.270 e. The van der Waals surface area contributed by atoms with E-state index in [4.69, 9.17) is 9.73 Å². The van der Waals surface area contributed by atoms with Crippen LogP contribution in [0.4, 0.5) is 0 Å². The molecule has 0 unspecified atom stereocenters. The number of aromatic nitrogens is 1. The number of benzene rings is 1. The zero-order valence-corrected chi connectivity index (χ0v) is 17.1. The lowest BCUT2D eigenvalue weighted by atomic mass is 9.96. The van der Waals surface area contributed by atoms with Crippen molar-refractivity contribution in [1.29, 1.82) is 0 Å². The van der Waals surface area contributed by atoms with Gasteiger partial charge in [-0.2, -0.15) is 0 Å². The molecule has 0 spiro atoms. The molecule has 3 rings (SSSR count). The number of ether oxygens (including phenoxy) is 1. The predicted octanol–water partition coefficient (Wildman–Crippen LogP) is 3.15. The third-order valence-electron chi connectivity index (χ3n) is 4.84. The van der Waals surface area contributed by atoms with Gasteiger partial charge in [0.1, 0.15) is 11.2 Å². The Morgan fingerprint density at radius 3 is 2.64 bits per heavy atom. The third kappa shape index (κ3) is 5.32. The monoisotopic (exact) mass is 402 g/mol. The summed E-state index contributed by atoms with van der Waals surface area (Å²) in [6, 6.07) is 10.2. The maximum atomic E-state index is 12.7. The Morgan fingerprint density at radius 1 is 1.18 bits per heavy atom. The molecule has 28 heavy (non-hydrogen) atoms. The van der Waals surface area contributed by atoms with Crippen molar-refractivity contribution < 1.29 is 17.9 Å². The third-order valence-corrected chi connectivity index (χ3v) is 5.95. The number of nitrogens with zero attached hydrogens (tertiary/aromatic N) is 2. The molecule has 6 nitrogen and oxygen atoms in total. The number of rotatable bonds is 5. The van der Waals surface area contributed by atoms with E-state index >= 15 is 0 Å². The quantitative estimate of drug-likeness (QED) is 0.770. The van der Waals surface area contributed by atoms with Crippen molar-refractivity contribution in [1.82, 2.24) is 4.57 Å². The van der Waals surface area contributed by atoms with Gasteiger partial charge in [0.05, 0.1) is 10.9 Å². The molecule has 2 aromatic rings.